The van der Waals surface area contributed by atoms with Crippen molar-refractivity contribution in [3.8, 4) is 11.6 Å². The summed E-state index contributed by atoms with van der Waals surface area (Å²) in [4.78, 5) is 9.25. The van der Waals surface area contributed by atoms with Crippen LogP contribution >= 0.6 is 11.6 Å². The fourth-order valence-corrected chi connectivity index (χ4v) is 3.37. The van der Waals surface area contributed by atoms with Crippen LogP contribution in [0.15, 0.2) is 34.9 Å². The van der Waals surface area contributed by atoms with Crippen LogP contribution < -0.4 is 0 Å². The van der Waals surface area contributed by atoms with Crippen LogP contribution in [0.4, 0.5) is 0 Å². The summed E-state index contributed by atoms with van der Waals surface area (Å²) in [5.41, 5.74) is 1.84. The molecule has 3 aromatic rings. The Morgan fingerprint density at radius 1 is 1.14 bits per heavy atom. The molecule has 1 aliphatic carbocycles. The smallest absolute Gasteiger partial charge is 0.194 e. The first-order valence-electron chi connectivity index (χ1n) is 7.41. The molecule has 0 spiro atoms. The van der Waals surface area contributed by atoms with E-state index in [9.17, 15) is 0 Å². The van der Waals surface area contributed by atoms with Crippen LogP contribution in [-0.4, -0.2) is 14.5 Å². The number of fused-ring (bicyclic) bond motifs is 1. The molecule has 0 radical (unpaired) electrons. The Morgan fingerprint density at radius 2 is 2.00 bits per heavy atom. The van der Waals surface area contributed by atoms with E-state index in [-0.39, 0.29) is 0 Å². The number of pyridine rings is 1. The van der Waals surface area contributed by atoms with Crippen LogP contribution in [0.5, 0.6) is 0 Å². The summed E-state index contributed by atoms with van der Waals surface area (Å²) in [6.07, 6.45) is 8.00. The van der Waals surface area contributed by atoms with Gasteiger partial charge in [0.05, 0.1) is 0 Å². The molecule has 0 bridgehead atoms. The van der Waals surface area contributed by atoms with E-state index in [4.69, 9.17) is 21.0 Å². The van der Waals surface area contributed by atoms with Crippen LogP contribution in [0.1, 0.15) is 38.1 Å². The minimum absolute atomic E-state index is 0.389. The zero-order valence-corrected chi connectivity index (χ0v) is 12.4. The second-order valence-corrected chi connectivity index (χ2v) is 5.92. The number of imidazole rings is 1. The van der Waals surface area contributed by atoms with Gasteiger partial charge in [-0.25, -0.2) is 9.97 Å². The molecule has 1 saturated carbocycles. The summed E-state index contributed by atoms with van der Waals surface area (Å²) < 4.78 is 7.82. The molecule has 108 valence electrons. The highest BCUT2D eigenvalue weighted by molar-refractivity contribution is 6.28. The first kappa shape index (κ1) is 12.9. The van der Waals surface area contributed by atoms with Crippen LogP contribution in [0.3, 0.4) is 0 Å². The highest BCUT2D eigenvalue weighted by atomic mass is 35.5. The molecular formula is C16H16ClN3O. The lowest BCUT2D eigenvalue weighted by atomic mass is 9.95. The topological polar surface area (TPSA) is 43.9 Å². The quantitative estimate of drug-likeness (QED) is 0.679. The van der Waals surface area contributed by atoms with Gasteiger partial charge in [0, 0.05) is 12.2 Å². The monoisotopic (exact) mass is 301 g/mol. The van der Waals surface area contributed by atoms with Gasteiger partial charge in [0.2, 0.25) is 0 Å². The van der Waals surface area contributed by atoms with Gasteiger partial charge in [0.1, 0.15) is 5.52 Å². The van der Waals surface area contributed by atoms with Gasteiger partial charge in [-0.2, -0.15) is 0 Å². The van der Waals surface area contributed by atoms with Gasteiger partial charge in [-0.3, -0.25) is 0 Å². The molecule has 3 heterocycles. The number of furan rings is 1. The average Bonchev–Trinajstić information content (AvgIpc) is 3.11. The Hall–Kier alpha value is -1.81. The molecule has 0 atom stereocenters. The van der Waals surface area contributed by atoms with E-state index in [1.54, 1.807) is 6.07 Å². The summed E-state index contributed by atoms with van der Waals surface area (Å²) in [6.45, 7) is 0. The highest BCUT2D eigenvalue weighted by Crippen LogP contribution is 2.36. The predicted molar refractivity (Wildman–Crippen MR) is 82.4 cm³/mol. The van der Waals surface area contributed by atoms with Crippen LogP contribution in [0.25, 0.3) is 22.7 Å². The van der Waals surface area contributed by atoms with Crippen molar-refractivity contribution in [2.24, 2.45) is 0 Å². The van der Waals surface area contributed by atoms with Gasteiger partial charge in [0.25, 0.3) is 0 Å². The van der Waals surface area contributed by atoms with E-state index in [1.165, 1.54) is 32.1 Å². The van der Waals surface area contributed by atoms with Gasteiger partial charge in [-0.05, 0) is 48.7 Å². The first-order valence-corrected chi connectivity index (χ1v) is 7.79. The standard InChI is InChI=1S/C16H16ClN3O/c17-14-9-8-13(21-14)16-19-12-7-4-10-18-15(12)20(16)11-5-2-1-3-6-11/h4,7-11H,1-3,5-6H2. The van der Waals surface area contributed by atoms with Crippen molar-refractivity contribution in [2.75, 3.05) is 0 Å². The molecule has 4 nitrogen and oxygen atoms in total. The van der Waals surface area contributed by atoms with Crippen molar-refractivity contribution < 1.29 is 4.42 Å². The van der Waals surface area contributed by atoms with Gasteiger partial charge < -0.3 is 8.98 Å². The van der Waals surface area contributed by atoms with E-state index < -0.39 is 0 Å². The highest BCUT2D eigenvalue weighted by Gasteiger charge is 2.24. The number of nitrogens with zero attached hydrogens (tertiary/aromatic N) is 3. The maximum atomic E-state index is 5.93. The van der Waals surface area contributed by atoms with E-state index in [0.29, 0.717) is 17.0 Å². The molecule has 21 heavy (non-hydrogen) atoms. The molecule has 0 saturated heterocycles. The molecule has 5 heteroatoms. The number of hydrogen-bond donors (Lipinski definition) is 0. The third-order valence-corrected chi connectivity index (χ3v) is 4.39. The molecular weight excluding hydrogens is 286 g/mol. The maximum absolute atomic E-state index is 5.93. The lowest BCUT2D eigenvalue weighted by molar-refractivity contribution is 0.359. The fourth-order valence-electron chi connectivity index (χ4n) is 3.22. The number of aromatic nitrogens is 3. The predicted octanol–water partition coefficient (Wildman–Crippen LogP) is 4.85. The zero-order valence-electron chi connectivity index (χ0n) is 11.6. The molecule has 3 aromatic heterocycles. The molecule has 1 aliphatic rings. The molecule has 0 amide bonds. The molecule has 0 N–H and O–H groups in total. The lowest BCUT2D eigenvalue weighted by Crippen LogP contribution is -2.14. The summed E-state index contributed by atoms with van der Waals surface area (Å²) in [5, 5.41) is 0.389. The van der Waals surface area contributed by atoms with Crippen LogP contribution in [0.2, 0.25) is 5.22 Å². The van der Waals surface area contributed by atoms with Gasteiger partial charge in [-0.15, -0.1) is 0 Å². The van der Waals surface area contributed by atoms with E-state index in [0.717, 1.165) is 17.0 Å². The first-order chi connectivity index (χ1) is 10.3. The third kappa shape index (κ3) is 2.23. The molecule has 0 aliphatic heterocycles. The normalized spacial score (nSPS) is 16.6. The second kappa shape index (κ2) is 5.19. The summed E-state index contributed by atoms with van der Waals surface area (Å²) in [7, 11) is 0. The average molecular weight is 302 g/mol. The summed E-state index contributed by atoms with van der Waals surface area (Å²) >= 11 is 5.93. The van der Waals surface area contributed by atoms with Crippen molar-refractivity contribution >= 4 is 22.8 Å². The minimum Gasteiger partial charge on any atom is -0.441 e. The number of rotatable bonds is 2. The Kier molecular flexibility index (Phi) is 3.19. The van der Waals surface area contributed by atoms with Gasteiger partial charge in [0.15, 0.2) is 22.5 Å². The van der Waals surface area contributed by atoms with Crippen LogP contribution in [-0.2, 0) is 0 Å². The maximum Gasteiger partial charge on any atom is 0.194 e. The van der Waals surface area contributed by atoms with E-state index in [1.807, 2.05) is 24.4 Å². The van der Waals surface area contributed by atoms with E-state index in [2.05, 4.69) is 9.55 Å². The molecule has 0 unspecified atom stereocenters. The third-order valence-electron chi connectivity index (χ3n) is 4.18. The Bertz CT molecular complexity index is 771. The Balaban J connectivity index is 1.92. The Labute approximate surface area is 127 Å². The van der Waals surface area contributed by atoms with Crippen molar-refractivity contribution in [3.63, 3.8) is 0 Å². The van der Waals surface area contributed by atoms with Gasteiger partial charge in [-0.1, -0.05) is 19.3 Å². The number of hydrogen-bond acceptors (Lipinski definition) is 3. The molecule has 0 aromatic carbocycles. The van der Waals surface area contributed by atoms with Gasteiger partial charge >= 0.3 is 0 Å². The molecule has 4 rings (SSSR count). The van der Waals surface area contributed by atoms with Crippen molar-refractivity contribution in [2.45, 2.75) is 38.1 Å². The lowest BCUT2D eigenvalue weighted by Gasteiger charge is -2.24. The Morgan fingerprint density at radius 3 is 2.76 bits per heavy atom. The summed E-state index contributed by atoms with van der Waals surface area (Å²) in [5.74, 6) is 1.55. The summed E-state index contributed by atoms with van der Waals surface area (Å²) in [6, 6.07) is 7.99. The second-order valence-electron chi connectivity index (χ2n) is 5.55. The zero-order chi connectivity index (χ0) is 14.2. The largest absolute Gasteiger partial charge is 0.441 e. The minimum atomic E-state index is 0.389. The van der Waals surface area contributed by atoms with Crippen molar-refractivity contribution in [1.82, 2.24) is 14.5 Å². The fraction of sp³-hybridized carbons (Fsp3) is 0.375. The van der Waals surface area contributed by atoms with Crippen molar-refractivity contribution in [1.29, 1.82) is 0 Å². The van der Waals surface area contributed by atoms with E-state index >= 15 is 0 Å². The van der Waals surface area contributed by atoms with Crippen molar-refractivity contribution in [3.05, 3.63) is 35.7 Å². The van der Waals surface area contributed by atoms with Crippen LogP contribution in [0, 0.1) is 0 Å². The SMILES string of the molecule is Clc1ccc(-c2nc3cccnc3n2C2CCCCC2)o1. The molecule has 1 fully saturated rings. The number of halogens is 1.